The number of amides is 1. The number of carbonyl (C=O) groups is 1. The minimum atomic E-state index is -1.52. The average molecular weight is 214 g/mol. The fourth-order valence-corrected chi connectivity index (χ4v) is 1.61. The van der Waals surface area contributed by atoms with E-state index >= 15 is 0 Å². The Balaban J connectivity index is 2.23. The molecule has 1 aromatic carbocycles. The Morgan fingerprint density at radius 1 is 1.56 bits per heavy atom. The predicted octanol–water partition coefficient (Wildman–Crippen LogP) is 0.431. The maximum atomic E-state index is 11.6. The molecule has 1 fully saturated rings. The second kappa shape index (κ2) is 3.99. The molecule has 0 bridgehead atoms. The van der Waals surface area contributed by atoms with Crippen molar-refractivity contribution in [1.82, 2.24) is 4.90 Å². The molecular formula is C13H12NO2. The minimum absolute atomic E-state index is 0.323. The van der Waals surface area contributed by atoms with Crippen molar-refractivity contribution in [3.63, 3.8) is 0 Å². The van der Waals surface area contributed by atoms with Crippen molar-refractivity contribution in [2.24, 2.45) is 0 Å². The summed E-state index contributed by atoms with van der Waals surface area (Å²) in [5.74, 6) is 5.09. The number of hydrogen-bond acceptors (Lipinski definition) is 2. The van der Waals surface area contributed by atoms with Crippen molar-refractivity contribution in [3.8, 4) is 11.8 Å². The summed E-state index contributed by atoms with van der Waals surface area (Å²) in [4.78, 5) is 13.1. The Morgan fingerprint density at radius 3 is 2.94 bits per heavy atom. The molecule has 81 valence electrons. The van der Waals surface area contributed by atoms with Crippen LogP contribution in [0.1, 0.15) is 12.0 Å². The van der Waals surface area contributed by atoms with Crippen LogP contribution in [0.4, 0.5) is 0 Å². The topological polar surface area (TPSA) is 40.5 Å². The van der Waals surface area contributed by atoms with Gasteiger partial charge in [-0.3, -0.25) is 4.79 Å². The number of benzene rings is 1. The summed E-state index contributed by atoms with van der Waals surface area (Å²) in [5, 5.41) is 10.0. The molecule has 1 radical (unpaired) electrons. The maximum absolute atomic E-state index is 11.6. The van der Waals surface area contributed by atoms with E-state index in [4.69, 9.17) is 0 Å². The van der Waals surface area contributed by atoms with Gasteiger partial charge in [-0.2, -0.15) is 0 Å². The van der Waals surface area contributed by atoms with Gasteiger partial charge in [0.2, 0.25) is 5.60 Å². The molecule has 2 rings (SSSR count). The van der Waals surface area contributed by atoms with E-state index < -0.39 is 5.60 Å². The number of hydrogen-bond donors (Lipinski definition) is 1. The van der Waals surface area contributed by atoms with Crippen LogP contribution in [0, 0.1) is 17.9 Å². The van der Waals surface area contributed by atoms with Crippen LogP contribution in [-0.2, 0) is 4.79 Å². The molecule has 1 aliphatic heterocycles. The highest BCUT2D eigenvalue weighted by atomic mass is 16.3. The van der Waals surface area contributed by atoms with Crippen LogP contribution in [-0.4, -0.2) is 35.1 Å². The monoisotopic (exact) mass is 214 g/mol. The van der Waals surface area contributed by atoms with Gasteiger partial charge in [0.1, 0.15) is 0 Å². The zero-order valence-electron chi connectivity index (χ0n) is 9.03. The summed E-state index contributed by atoms with van der Waals surface area (Å²) in [6.07, 6.45) is 0.363. The molecule has 3 nitrogen and oxygen atoms in total. The van der Waals surface area contributed by atoms with E-state index in [1.54, 1.807) is 19.2 Å². The molecule has 1 amide bonds. The fourth-order valence-electron chi connectivity index (χ4n) is 1.61. The summed E-state index contributed by atoms with van der Waals surface area (Å²) in [5.41, 5.74) is -0.836. The minimum Gasteiger partial charge on any atom is -0.369 e. The first-order chi connectivity index (χ1) is 7.62. The Hall–Kier alpha value is -1.79. The Kier molecular flexibility index (Phi) is 2.67. The van der Waals surface area contributed by atoms with Gasteiger partial charge in [-0.1, -0.05) is 30.0 Å². The van der Waals surface area contributed by atoms with E-state index in [1.807, 2.05) is 12.1 Å². The van der Waals surface area contributed by atoms with Crippen LogP contribution in [0.5, 0.6) is 0 Å². The second-order valence-corrected chi connectivity index (χ2v) is 3.86. The molecule has 0 saturated carbocycles. The summed E-state index contributed by atoms with van der Waals surface area (Å²) < 4.78 is 0. The Labute approximate surface area is 94.7 Å². The van der Waals surface area contributed by atoms with Crippen LogP contribution in [0.15, 0.2) is 24.3 Å². The molecule has 16 heavy (non-hydrogen) atoms. The van der Waals surface area contributed by atoms with E-state index in [9.17, 15) is 9.90 Å². The summed E-state index contributed by atoms with van der Waals surface area (Å²) in [7, 11) is 1.66. The smallest absolute Gasteiger partial charge is 0.267 e. The Bertz CT molecular complexity index is 458. The molecule has 0 aliphatic carbocycles. The average Bonchev–Trinajstić information content (AvgIpc) is 2.57. The Morgan fingerprint density at radius 2 is 2.38 bits per heavy atom. The van der Waals surface area contributed by atoms with E-state index in [0.29, 0.717) is 18.5 Å². The lowest BCUT2D eigenvalue weighted by Crippen LogP contribution is -2.37. The number of likely N-dealkylation sites (N-methyl/N-ethyl adjacent to an activating group) is 1. The van der Waals surface area contributed by atoms with Crippen molar-refractivity contribution >= 4 is 5.91 Å². The van der Waals surface area contributed by atoms with Crippen LogP contribution in [0.2, 0.25) is 0 Å². The third-order valence-corrected chi connectivity index (χ3v) is 2.62. The number of aliphatic hydroxyl groups is 1. The number of nitrogens with zero attached hydrogens (tertiary/aromatic N) is 1. The lowest BCUT2D eigenvalue weighted by molar-refractivity contribution is -0.137. The van der Waals surface area contributed by atoms with E-state index in [0.717, 1.165) is 0 Å². The molecule has 0 aromatic heterocycles. The highest BCUT2D eigenvalue weighted by molar-refractivity contribution is 5.90. The molecule has 1 saturated heterocycles. The molecule has 1 aliphatic rings. The van der Waals surface area contributed by atoms with Crippen LogP contribution in [0.25, 0.3) is 0 Å². The third kappa shape index (κ3) is 1.93. The zero-order valence-corrected chi connectivity index (χ0v) is 9.03. The van der Waals surface area contributed by atoms with Gasteiger partial charge in [0.15, 0.2) is 0 Å². The zero-order chi connectivity index (χ0) is 11.6. The molecule has 1 atom stereocenters. The highest BCUT2D eigenvalue weighted by Crippen LogP contribution is 2.20. The van der Waals surface area contributed by atoms with Crippen LogP contribution >= 0.6 is 0 Å². The lowest BCUT2D eigenvalue weighted by atomic mass is 10.0. The molecule has 1 heterocycles. The first-order valence-corrected chi connectivity index (χ1v) is 5.10. The van der Waals surface area contributed by atoms with E-state index in [-0.39, 0.29) is 5.91 Å². The maximum Gasteiger partial charge on any atom is 0.267 e. The molecule has 3 heteroatoms. The lowest BCUT2D eigenvalue weighted by Gasteiger charge is -2.13. The first-order valence-electron chi connectivity index (χ1n) is 5.10. The standard InChI is InChI=1S/C13H12NO2/c1-14-10-9-13(16,12(14)15)8-7-11-5-3-2-4-6-11/h2-5,16H,9-10H2,1H3/t13-/m1/s1. The normalized spacial score (nSPS) is 24.1. The van der Waals surface area contributed by atoms with Crippen molar-refractivity contribution in [2.75, 3.05) is 13.6 Å². The number of rotatable bonds is 0. The second-order valence-electron chi connectivity index (χ2n) is 3.86. The summed E-state index contributed by atoms with van der Waals surface area (Å²) in [6.45, 7) is 0.544. The van der Waals surface area contributed by atoms with Gasteiger partial charge in [-0.15, -0.1) is 0 Å². The van der Waals surface area contributed by atoms with Crippen molar-refractivity contribution in [1.29, 1.82) is 0 Å². The highest BCUT2D eigenvalue weighted by Gasteiger charge is 2.42. The number of likely N-dealkylation sites (tertiary alicyclic amines) is 1. The van der Waals surface area contributed by atoms with Crippen molar-refractivity contribution < 1.29 is 9.90 Å². The molecule has 1 aromatic rings. The fraction of sp³-hybridized carbons (Fsp3) is 0.308. The molecule has 0 spiro atoms. The van der Waals surface area contributed by atoms with Gasteiger partial charge in [0, 0.05) is 25.6 Å². The van der Waals surface area contributed by atoms with Gasteiger partial charge in [-0.05, 0) is 12.1 Å². The molecular weight excluding hydrogens is 202 g/mol. The summed E-state index contributed by atoms with van der Waals surface area (Å²) >= 11 is 0. The van der Waals surface area contributed by atoms with Crippen LogP contribution < -0.4 is 0 Å². The quantitative estimate of drug-likeness (QED) is 0.636. The SMILES string of the molecule is CN1CC[C@](O)(C#Cc2[c]cccc2)C1=O. The van der Waals surface area contributed by atoms with E-state index in [1.165, 1.54) is 4.90 Å². The van der Waals surface area contributed by atoms with E-state index in [2.05, 4.69) is 17.9 Å². The third-order valence-electron chi connectivity index (χ3n) is 2.62. The van der Waals surface area contributed by atoms with Crippen LogP contribution in [0.3, 0.4) is 0 Å². The van der Waals surface area contributed by atoms with Gasteiger partial charge in [0.25, 0.3) is 5.91 Å². The first kappa shape index (κ1) is 10.7. The molecule has 1 N–H and O–H groups in total. The molecule has 0 unspecified atom stereocenters. The van der Waals surface area contributed by atoms with Gasteiger partial charge in [-0.25, -0.2) is 0 Å². The van der Waals surface area contributed by atoms with Gasteiger partial charge < -0.3 is 10.0 Å². The number of carbonyl (C=O) groups excluding carboxylic acids is 1. The van der Waals surface area contributed by atoms with Gasteiger partial charge in [0.05, 0.1) is 0 Å². The van der Waals surface area contributed by atoms with Crippen molar-refractivity contribution in [2.45, 2.75) is 12.0 Å². The predicted molar refractivity (Wildman–Crippen MR) is 59.4 cm³/mol. The van der Waals surface area contributed by atoms with Crippen molar-refractivity contribution in [3.05, 3.63) is 35.9 Å². The largest absolute Gasteiger partial charge is 0.369 e. The summed E-state index contributed by atoms with van der Waals surface area (Å²) in [6, 6.07) is 10.1. The van der Waals surface area contributed by atoms with Gasteiger partial charge >= 0.3 is 0 Å².